The molecule has 0 saturated heterocycles. The first kappa shape index (κ1) is 17.0. The molecule has 0 unspecified atom stereocenters. The van der Waals surface area contributed by atoms with E-state index in [1.807, 2.05) is 20.8 Å². The van der Waals surface area contributed by atoms with E-state index in [1.54, 1.807) is 36.2 Å². The SMILES string of the molecule is CCC(C)(C)N(C)C(=O)NCCc1ccc(C(=O)O)cc1. The fraction of sp³-hybridized carbons (Fsp3) is 0.500. The van der Waals surface area contributed by atoms with Gasteiger partial charge in [-0.2, -0.15) is 0 Å². The molecule has 0 radical (unpaired) electrons. The van der Waals surface area contributed by atoms with Crippen LogP contribution in [0.3, 0.4) is 0 Å². The van der Waals surface area contributed by atoms with Gasteiger partial charge in [0, 0.05) is 19.1 Å². The summed E-state index contributed by atoms with van der Waals surface area (Å²) in [7, 11) is 1.79. The largest absolute Gasteiger partial charge is 0.478 e. The van der Waals surface area contributed by atoms with E-state index in [0.717, 1.165) is 12.0 Å². The smallest absolute Gasteiger partial charge is 0.335 e. The molecule has 0 atom stereocenters. The second-order valence-electron chi connectivity index (χ2n) is 5.71. The van der Waals surface area contributed by atoms with Gasteiger partial charge in [-0.05, 0) is 44.4 Å². The zero-order valence-electron chi connectivity index (χ0n) is 13.1. The summed E-state index contributed by atoms with van der Waals surface area (Å²) in [6, 6.07) is 6.60. The number of nitrogens with one attached hydrogen (secondary N) is 1. The Morgan fingerprint density at radius 3 is 2.29 bits per heavy atom. The Balaban J connectivity index is 2.46. The lowest BCUT2D eigenvalue weighted by atomic mass is 10.0. The first-order valence-corrected chi connectivity index (χ1v) is 7.12. The highest BCUT2D eigenvalue weighted by atomic mass is 16.4. The standard InChI is InChI=1S/C16H24N2O3/c1-5-16(2,3)18(4)15(21)17-11-10-12-6-8-13(9-7-12)14(19)20/h6-9H,5,10-11H2,1-4H3,(H,17,21)(H,19,20). The van der Waals surface area contributed by atoms with Crippen molar-refractivity contribution in [2.75, 3.05) is 13.6 Å². The van der Waals surface area contributed by atoms with Gasteiger partial charge >= 0.3 is 12.0 Å². The molecule has 1 aromatic rings. The Hall–Kier alpha value is -2.04. The molecule has 0 fully saturated rings. The van der Waals surface area contributed by atoms with Crippen molar-refractivity contribution >= 4 is 12.0 Å². The van der Waals surface area contributed by atoms with Crippen molar-refractivity contribution in [3.63, 3.8) is 0 Å². The third-order valence-corrected chi connectivity index (χ3v) is 3.97. The van der Waals surface area contributed by atoms with Crippen LogP contribution in [-0.4, -0.2) is 41.1 Å². The maximum absolute atomic E-state index is 12.0. The number of carboxylic acids is 1. The van der Waals surface area contributed by atoms with E-state index in [0.29, 0.717) is 13.0 Å². The van der Waals surface area contributed by atoms with Gasteiger partial charge in [0.05, 0.1) is 5.56 Å². The van der Waals surface area contributed by atoms with Gasteiger partial charge in [-0.15, -0.1) is 0 Å². The molecule has 0 saturated carbocycles. The topological polar surface area (TPSA) is 69.6 Å². The van der Waals surface area contributed by atoms with E-state index in [-0.39, 0.29) is 17.1 Å². The summed E-state index contributed by atoms with van der Waals surface area (Å²) in [6.07, 6.45) is 1.56. The first-order valence-electron chi connectivity index (χ1n) is 7.12. The Kier molecular flexibility index (Phi) is 5.76. The maximum Gasteiger partial charge on any atom is 0.335 e. The number of hydrogen-bond acceptors (Lipinski definition) is 2. The second kappa shape index (κ2) is 7.11. The molecular formula is C16H24N2O3. The molecule has 1 aromatic carbocycles. The fourth-order valence-electron chi connectivity index (χ4n) is 1.76. The van der Waals surface area contributed by atoms with Crippen molar-refractivity contribution in [3.05, 3.63) is 35.4 Å². The molecule has 21 heavy (non-hydrogen) atoms. The van der Waals surface area contributed by atoms with Gasteiger partial charge in [0.1, 0.15) is 0 Å². The number of rotatable bonds is 6. The fourth-order valence-corrected chi connectivity index (χ4v) is 1.76. The van der Waals surface area contributed by atoms with Crippen LogP contribution in [0.15, 0.2) is 24.3 Å². The molecule has 0 aromatic heterocycles. The molecule has 0 aliphatic rings. The van der Waals surface area contributed by atoms with Gasteiger partial charge in [-0.1, -0.05) is 19.1 Å². The molecule has 5 heteroatoms. The van der Waals surface area contributed by atoms with Gasteiger partial charge in [0.25, 0.3) is 0 Å². The molecule has 116 valence electrons. The second-order valence-corrected chi connectivity index (χ2v) is 5.71. The lowest BCUT2D eigenvalue weighted by molar-refractivity contribution is 0.0697. The van der Waals surface area contributed by atoms with E-state index >= 15 is 0 Å². The Morgan fingerprint density at radius 1 is 1.24 bits per heavy atom. The van der Waals surface area contributed by atoms with E-state index in [2.05, 4.69) is 5.32 Å². The molecule has 0 aliphatic carbocycles. The summed E-state index contributed by atoms with van der Waals surface area (Å²) in [4.78, 5) is 24.5. The summed E-state index contributed by atoms with van der Waals surface area (Å²) in [5.41, 5.74) is 1.10. The predicted molar refractivity (Wildman–Crippen MR) is 82.6 cm³/mol. The van der Waals surface area contributed by atoms with Crippen molar-refractivity contribution in [1.29, 1.82) is 0 Å². The molecular weight excluding hydrogens is 268 g/mol. The third kappa shape index (κ3) is 4.77. The first-order chi connectivity index (χ1) is 9.77. The monoisotopic (exact) mass is 292 g/mol. The summed E-state index contributed by atoms with van der Waals surface area (Å²) in [5.74, 6) is -0.932. The van der Waals surface area contributed by atoms with Gasteiger partial charge in [0.2, 0.25) is 0 Å². The summed E-state index contributed by atoms with van der Waals surface area (Å²) < 4.78 is 0. The summed E-state index contributed by atoms with van der Waals surface area (Å²) in [5, 5.41) is 11.7. The van der Waals surface area contributed by atoms with Gasteiger partial charge in [-0.3, -0.25) is 0 Å². The number of nitrogens with zero attached hydrogens (tertiary/aromatic N) is 1. The van der Waals surface area contributed by atoms with Gasteiger partial charge in [0.15, 0.2) is 0 Å². The Bertz CT molecular complexity index is 495. The quantitative estimate of drug-likeness (QED) is 0.847. The number of carboxylic acid groups (broad SMARTS) is 1. The molecule has 0 aliphatic heterocycles. The van der Waals surface area contributed by atoms with Crippen LogP contribution in [0.1, 0.15) is 43.1 Å². The molecule has 0 spiro atoms. The average Bonchev–Trinajstić information content (AvgIpc) is 2.46. The number of amides is 2. The normalized spacial score (nSPS) is 11.0. The van der Waals surface area contributed by atoms with Crippen molar-refractivity contribution in [3.8, 4) is 0 Å². The zero-order chi connectivity index (χ0) is 16.0. The van der Waals surface area contributed by atoms with Crippen LogP contribution in [0.25, 0.3) is 0 Å². The maximum atomic E-state index is 12.0. The number of hydrogen-bond donors (Lipinski definition) is 2. The van der Waals surface area contributed by atoms with E-state index < -0.39 is 5.97 Å². The van der Waals surface area contributed by atoms with Crippen molar-refractivity contribution in [2.24, 2.45) is 0 Å². The molecule has 2 amide bonds. The van der Waals surface area contributed by atoms with Crippen LogP contribution in [0.4, 0.5) is 4.79 Å². The number of carbonyl (C=O) groups is 2. The van der Waals surface area contributed by atoms with Crippen LogP contribution in [-0.2, 0) is 6.42 Å². The minimum absolute atomic E-state index is 0.0935. The lowest BCUT2D eigenvalue weighted by Crippen LogP contribution is -2.49. The van der Waals surface area contributed by atoms with E-state index in [1.165, 1.54) is 0 Å². The molecule has 0 bridgehead atoms. The molecule has 5 nitrogen and oxygen atoms in total. The third-order valence-electron chi connectivity index (χ3n) is 3.97. The number of urea groups is 1. The highest BCUT2D eigenvalue weighted by molar-refractivity contribution is 5.87. The highest BCUT2D eigenvalue weighted by Gasteiger charge is 2.25. The van der Waals surface area contributed by atoms with Crippen LogP contribution < -0.4 is 5.32 Å². The van der Waals surface area contributed by atoms with Crippen LogP contribution in [0.2, 0.25) is 0 Å². The predicted octanol–water partition coefficient (Wildman–Crippen LogP) is 2.76. The van der Waals surface area contributed by atoms with Crippen molar-refractivity contribution in [2.45, 2.75) is 39.2 Å². The van der Waals surface area contributed by atoms with Crippen molar-refractivity contribution in [1.82, 2.24) is 10.2 Å². The highest BCUT2D eigenvalue weighted by Crippen LogP contribution is 2.16. The van der Waals surface area contributed by atoms with E-state index in [4.69, 9.17) is 5.11 Å². The molecule has 2 N–H and O–H groups in total. The summed E-state index contributed by atoms with van der Waals surface area (Å²) >= 11 is 0. The van der Waals surface area contributed by atoms with Crippen LogP contribution in [0, 0.1) is 0 Å². The average molecular weight is 292 g/mol. The Labute approximate surface area is 126 Å². The van der Waals surface area contributed by atoms with Gasteiger partial charge < -0.3 is 15.3 Å². The van der Waals surface area contributed by atoms with E-state index in [9.17, 15) is 9.59 Å². The minimum atomic E-state index is -0.932. The lowest BCUT2D eigenvalue weighted by Gasteiger charge is -2.34. The number of carbonyl (C=O) groups excluding carboxylic acids is 1. The van der Waals surface area contributed by atoms with Gasteiger partial charge in [-0.25, -0.2) is 9.59 Å². The van der Waals surface area contributed by atoms with Crippen LogP contribution in [0.5, 0.6) is 0 Å². The van der Waals surface area contributed by atoms with Crippen molar-refractivity contribution < 1.29 is 14.7 Å². The number of benzene rings is 1. The molecule has 1 rings (SSSR count). The van der Waals surface area contributed by atoms with Crippen LogP contribution >= 0.6 is 0 Å². The Morgan fingerprint density at radius 2 is 1.81 bits per heavy atom. The number of aromatic carboxylic acids is 1. The summed E-state index contributed by atoms with van der Waals surface area (Å²) in [6.45, 7) is 6.62. The molecule has 0 heterocycles. The minimum Gasteiger partial charge on any atom is -0.478 e. The zero-order valence-corrected chi connectivity index (χ0v) is 13.1.